The molecule has 10 nitrogen and oxygen atoms in total. The van der Waals surface area contributed by atoms with Gasteiger partial charge in [0.15, 0.2) is 5.13 Å². The number of urea groups is 1. The van der Waals surface area contributed by atoms with Gasteiger partial charge < -0.3 is 10.6 Å². The van der Waals surface area contributed by atoms with Crippen molar-refractivity contribution in [3.63, 3.8) is 0 Å². The van der Waals surface area contributed by atoms with E-state index in [2.05, 4.69) is 15.6 Å². The Morgan fingerprint density at radius 3 is 2.69 bits per heavy atom. The summed E-state index contributed by atoms with van der Waals surface area (Å²) >= 11 is 1.14. The van der Waals surface area contributed by atoms with Crippen LogP contribution >= 0.6 is 11.3 Å². The highest BCUT2D eigenvalue weighted by Crippen LogP contribution is 2.42. The highest BCUT2D eigenvalue weighted by molar-refractivity contribution is 7.89. The van der Waals surface area contributed by atoms with E-state index in [9.17, 15) is 22.8 Å². The zero-order valence-corrected chi connectivity index (χ0v) is 19.1. The Bertz CT molecular complexity index is 1230. The van der Waals surface area contributed by atoms with Crippen molar-refractivity contribution in [2.24, 2.45) is 5.92 Å². The Labute approximate surface area is 189 Å². The molecule has 0 bridgehead atoms. The number of carbonyl (C=O) groups excluding carboxylic acids is 3. The lowest BCUT2D eigenvalue weighted by Gasteiger charge is -2.20. The molecule has 3 heterocycles. The van der Waals surface area contributed by atoms with E-state index in [1.54, 1.807) is 19.1 Å². The van der Waals surface area contributed by atoms with Gasteiger partial charge >= 0.3 is 6.03 Å². The van der Waals surface area contributed by atoms with Crippen LogP contribution in [0.15, 0.2) is 23.1 Å². The van der Waals surface area contributed by atoms with Crippen molar-refractivity contribution in [3.8, 4) is 0 Å². The Morgan fingerprint density at radius 2 is 2.00 bits per heavy atom. The molecule has 1 aliphatic carbocycles. The summed E-state index contributed by atoms with van der Waals surface area (Å²) in [5.41, 5.74) is -0.383. The first-order valence-electron chi connectivity index (χ1n) is 10.5. The second kappa shape index (κ2) is 7.49. The first kappa shape index (κ1) is 21.3. The molecule has 2 aromatic rings. The summed E-state index contributed by atoms with van der Waals surface area (Å²) in [6, 6.07) is 4.13. The third kappa shape index (κ3) is 3.55. The largest absolute Gasteiger partial charge is 0.325 e. The lowest BCUT2D eigenvalue weighted by molar-refractivity contribution is -0.134. The number of carbonyl (C=O) groups is 3. The van der Waals surface area contributed by atoms with E-state index < -0.39 is 34.0 Å². The van der Waals surface area contributed by atoms with Crippen LogP contribution in [0.5, 0.6) is 0 Å². The summed E-state index contributed by atoms with van der Waals surface area (Å²) in [4.78, 5) is 42.9. The zero-order valence-electron chi connectivity index (χ0n) is 17.5. The number of anilines is 1. The molecule has 2 aliphatic heterocycles. The number of nitrogens with zero attached hydrogens (tertiary/aromatic N) is 3. The molecule has 1 aromatic carbocycles. The van der Waals surface area contributed by atoms with Gasteiger partial charge in [-0.1, -0.05) is 11.3 Å². The molecule has 2 saturated heterocycles. The lowest BCUT2D eigenvalue weighted by atomic mass is 9.96. The predicted octanol–water partition coefficient (Wildman–Crippen LogP) is 1.74. The molecule has 1 aromatic heterocycles. The third-order valence-electron chi connectivity index (χ3n) is 6.31. The van der Waals surface area contributed by atoms with Crippen LogP contribution in [0, 0.1) is 5.92 Å². The van der Waals surface area contributed by atoms with E-state index in [1.807, 2.05) is 0 Å². The van der Waals surface area contributed by atoms with Gasteiger partial charge in [0.2, 0.25) is 15.9 Å². The van der Waals surface area contributed by atoms with Gasteiger partial charge in [0.25, 0.3) is 5.91 Å². The monoisotopic (exact) mass is 477 g/mol. The maximum Gasteiger partial charge on any atom is 0.325 e. The average Bonchev–Trinajstić information content (AvgIpc) is 3.22. The van der Waals surface area contributed by atoms with Crippen molar-refractivity contribution < 1.29 is 22.8 Å². The number of amides is 4. The Balaban J connectivity index is 1.30. The minimum atomic E-state index is -3.55. The van der Waals surface area contributed by atoms with Crippen molar-refractivity contribution in [2.75, 3.05) is 25.0 Å². The molecule has 2 N–H and O–H groups in total. The van der Waals surface area contributed by atoms with Gasteiger partial charge in [0.1, 0.15) is 12.1 Å². The van der Waals surface area contributed by atoms with Gasteiger partial charge in [0.05, 0.1) is 15.1 Å². The lowest BCUT2D eigenvalue weighted by Crippen LogP contribution is -2.46. The summed E-state index contributed by atoms with van der Waals surface area (Å²) < 4.78 is 27.7. The summed E-state index contributed by atoms with van der Waals surface area (Å²) in [6.45, 7) is 2.33. The van der Waals surface area contributed by atoms with Crippen LogP contribution in [-0.2, 0) is 19.6 Å². The fraction of sp³-hybridized carbons (Fsp3) is 0.500. The van der Waals surface area contributed by atoms with Crippen LogP contribution in [0.3, 0.4) is 0 Å². The van der Waals surface area contributed by atoms with E-state index in [-0.39, 0.29) is 21.9 Å². The van der Waals surface area contributed by atoms with E-state index >= 15 is 0 Å². The second-order valence-electron chi connectivity index (χ2n) is 8.61. The Morgan fingerprint density at radius 1 is 1.28 bits per heavy atom. The van der Waals surface area contributed by atoms with Crippen LogP contribution < -0.4 is 10.6 Å². The van der Waals surface area contributed by atoms with Crippen molar-refractivity contribution in [3.05, 3.63) is 18.2 Å². The van der Waals surface area contributed by atoms with Gasteiger partial charge in [-0.3, -0.25) is 14.5 Å². The molecule has 1 atom stereocenters. The highest BCUT2D eigenvalue weighted by Gasteiger charge is 2.56. The van der Waals surface area contributed by atoms with Crippen molar-refractivity contribution in [1.29, 1.82) is 0 Å². The summed E-state index contributed by atoms with van der Waals surface area (Å²) in [5.74, 6) is -0.818. The van der Waals surface area contributed by atoms with E-state index in [0.717, 1.165) is 41.9 Å². The molecular formula is C20H23N5O5S2. The maximum atomic E-state index is 12.8. The maximum absolute atomic E-state index is 12.8. The zero-order chi connectivity index (χ0) is 22.7. The fourth-order valence-corrected chi connectivity index (χ4v) is 6.84. The van der Waals surface area contributed by atoms with Gasteiger partial charge in [-0.05, 0) is 56.7 Å². The number of sulfonamides is 1. The Hall–Kier alpha value is -2.57. The topological polar surface area (TPSA) is 129 Å². The molecule has 1 saturated carbocycles. The van der Waals surface area contributed by atoms with Crippen molar-refractivity contribution >= 4 is 54.6 Å². The molecule has 0 radical (unpaired) electrons. The summed E-state index contributed by atoms with van der Waals surface area (Å²) in [5, 5.41) is 5.61. The number of aromatic nitrogens is 1. The van der Waals surface area contributed by atoms with Crippen LogP contribution in [-0.4, -0.2) is 65.6 Å². The van der Waals surface area contributed by atoms with Crippen LogP contribution in [0.25, 0.3) is 10.2 Å². The molecule has 3 aliphatic rings. The van der Waals surface area contributed by atoms with Crippen LogP contribution in [0.4, 0.5) is 9.93 Å². The van der Waals surface area contributed by atoms with E-state index in [0.29, 0.717) is 23.3 Å². The minimum Gasteiger partial charge on any atom is -0.323 e. The number of imide groups is 1. The van der Waals surface area contributed by atoms with Crippen LogP contribution in [0.1, 0.15) is 32.6 Å². The number of fused-ring (bicyclic) bond motifs is 1. The Kier molecular flexibility index (Phi) is 4.98. The smallest absolute Gasteiger partial charge is 0.323 e. The number of thiazole rings is 1. The van der Waals surface area contributed by atoms with Gasteiger partial charge in [-0.25, -0.2) is 18.2 Å². The normalized spacial score (nSPS) is 24.3. The first-order chi connectivity index (χ1) is 15.2. The molecule has 0 spiro atoms. The molecule has 1 unspecified atom stereocenters. The highest BCUT2D eigenvalue weighted by atomic mass is 32.2. The standard InChI is InChI=1S/C20H23N5O5S2/c1-20(12-4-5-12)17(27)25(19(28)23-20)11-16(26)22-18-21-14-7-6-13(10-15(14)31-18)32(29,30)24-8-2-3-9-24/h6-7,10,12H,2-5,8-9,11H2,1H3,(H,23,28)(H,21,22,26). The molecule has 4 amide bonds. The number of hydrogen-bond donors (Lipinski definition) is 2. The number of hydrogen-bond acceptors (Lipinski definition) is 7. The first-order valence-corrected chi connectivity index (χ1v) is 12.8. The molecule has 32 heavy (non-hydrogen) atoms. The predicted molar refractivity (Wildman–Crippen MR) is 118 cm³/mol. The molecule has 12 heteroatoms. The van der Waals surface area contributed by atoms with Gasteiger partial charge in [-0.15, -0.1) is 0 Å². The summed E-state index contributed by atoms with van der Waals surface area (Å²) in [7, 11) is -3.55. The third-order valence-corrected chi connectivity index (χ3v) is 9.13. The van der Waals surface area contributed by atoms with Gasteiger partial charge in [0, 0.05) is 13.1 Å². The summed E-state index contributed by atoms with van der Waals surface area (Å²) in [6.07, 6.45) is 3.47. The van der Waals surface area contributed by atoms with E-state index in [4.69, 9.17) is 0 Å². The molecule has 170 valence electrons. The average molecular weight is 478 g/mol. The van der Waals surface area contributed by atoms with Gasteiger partial charge in [-0.2, -0.15) is 4.31 Å². The number of nitrogens with one attached hydrogen (secondary N) is 2. The van der Waals surface area contributed by atoms with Crippen LogP contribution in [0.2, 0.25) is 0 Å². The minimum absolute atomic E-state index is 0.113. The molecular weight excluding hydrogens is 454 g/mol. The quantitative estimate of drug-likeness (QED) is 0.610. The SMILES string of the molecule is CC1(C2CC2)NC(=O)N(CC(=O)Nc2nc3ccc(S(=O)(=O)N4CCCC4)cc3s2)C1=O. The molecule has 3 fully saturated rings. The molecule has 5 rings (SSSR count). The van der Waals surface area contributed by atoms with Crippen molar-refractivity contribution in [1.82, 2.24) is 19.5 Å². The number of rotatable bonds is 6. The van der Waals surface area contributed by atoms with E-state index in [1.165, 1.54) is 10.4 Å². The fourth-order valence-electron chi connectivity index (χ4n) is 4.30. The number of benzene rings is 1. The van der Waals surface area contributed by atoms with Crippen molar-refractivity contribution in [2.45, 2.75) is 43.0 Å². The second-order valence-corrected chi connectivity index (χ2v) is 11.6.